The maximum atomic E-state index is 12.6. The molecule has 0 saturated carbocycles. The number of benzene rings is 1. The van der Waals surface area contributed by atoms with Gasteiger partial charge >= 0.3 is 0 Å². The number of halogens is 1. The van der Waals surface area contributed by atoms with Gasteiger partial charge < -0.3 is 10.4 Å². The Bertz CT molecular complexity index is 337. The average molecular weight is 225 g/mol. The number of nitrogens with one attached hydrogen (secondary N) is 1. The quantitative estimate of drug-likeness (QED) is 0.568. The fourth-order valence-electron chi connectivity index (χ4n) is 1.31. The lowest BCUT2D eigenvalue weighted by Crippen LogP contribution is -2.33. The largest absolute Gasteiger partial charge is 0.384 e. The highest BCUT2D eigenvalue weighted by Gasteiger charge is 2.16. The van der Waals surface area contributed by atoms with Gasteiger partial charge in [-0.15, -0.1) is 0 Å². The third-order valence-corrected chi connectivity index (χ3v) is 2.20. The smallest absolute Gasteiger partial charge is 0.192 e. The van der Waals surface area contributed by atoms with Crippen LogP contribution in [0, 0.1) is 5.82 Å². The van der Waals surface area contributed by atoms with E-state index < -0.39 is 11.9 Å². The van der Waals surface area contributed by atoms with Crippen molar-refractivity contribution in [3.05, 3.63) is 35.6 Å². The van der Waals surface area contributed by atoms with Crippen LogP contribution in [0.2, 0.25) is 0 Å². The van der Waals surface area contributed by atoms with E-state index in [1.165, 1.54) is 24.3 Å². The molecule has 16 heavy (non-hydrogen) atoms. The lowest BCUT2D eigenvalue weighted by molar-refractivity contribution is 0.0747. The third-order valence-electron chi connectivity index (χ3n) is 2.20. The number of carbonyl (C=O) groups is 1. The van der Waals surface area contributed by atoms with Gasteiger partial charge in [0.25, 0.3) is 0 Å². The van der Waals surface area contributed by atoms with E-state index in [-0.39, 0.29) is 12.3 Å². The lowest BCUT2D eigenvalue weighted by Gasteiger charge is -2.10. The second-order valence-electron chi connectivity index (χ2n) is 3.59. The molecule has 1 aromatic carbocycles. The standard InChI is InChI=1S/C12H16FNO2/c1-2-7-14-8-11(15)12(16)9-3-5-10(13)6-4-9/h3-6,11,14-15H,2,7-8H2,1H3. The number of rotatable bonds is 6. The van der Waals surface area contributed by atoms with Gasteiger partial charge in [-0.3, -0.25) is 4.79 Å². The fourth-order valence-corrected chi connectivity index (χ4v) is 1.31. The van der Waals surface area contributed by atoms with E-state index in [0.29, 0.717) is 5.56 Å². The summed E-state index contributed by atoms with van der Waals surface area (Å²) in [4.78, 5) is 11.6. The van der Waals surface area contributed by atoms with Crippen LogP contribution in [-0.2, 0) is 0 Å². The van der Waals surface area contributed by atoms with Crippen LogP contribution in [0.4, 0.5) is 4.39 Å². The van der Waals surface area contributed by atoms with Crippen LogP contribution < -0.4 is 5.32 Å². The predicted molar refractivity (Wildman–Crippen MR) is 59.9 cm³/mol. The molecule has 1 atom stereocenters. The van der Waals surface area contributed by atoms with E-state index in [4.69, 9.17) is 0 Å². The average Bonchev–Trinajstić information content (AvgIpc) is 2.29. The summed E-state index contributed by atoms with van der Waals surface area (Å²) in [6.07, 6.45) is -0.130. The number of ketones is 1. The van der Waals surface area contributed by atoms with E-state index in [9.17, 15) is 14.3 Å². The first-order valence-electron chi connectivity index (χ1n) is 5.33. The minimum atomic E-state index is -1.07. The zero-order valence-electron chi connectivity index (χ0n) is 9.24. The van der Waals surface area contributed by atoms with Crippen molar-refractivity contribution >= 4 is 5.78 Å². The molecule has 1 unspecified atom stereocenters. The summed E-state index contributed by atoms with van der Waals surface area (Å²) in [5.41, 5.74) is 0.326. The van der Waals surface area contributed by atoms with Crippen LogP contribution in [0.5, 0.6) is 0 Å². The van der Waals surface area contributed by atoms with Crippen LogP contribution in [0.15, 0.2) is 24.3 Å². The van der Waals surface area contributed by atoms with E-state index >= 15 is 0 Å². The Kier molecular flexibility index (Phi) is 5.08. The molecule has 3 nitrogen and oxygen atoms in total. The van der Waals surface area contributed by atoms with Gasteiger partial charge in [0.2, 0.25) is 0 Å². The molecule has 1 rings (SSSR count). The number of Topliss-reactive ketones (excluding diaryl/α,β-unsaturated/α-hetero) is 1. The molecule has 0 amide bonds. The molecule has 4 heteroatoms. The molecule has 0 aliphatic rings. The molecule has 0 aliphatic heterocycles. The van der Waals surface area contributed by atoms with Crippen molar-refractivity contribution in [3.8, 4) is 0 Å². The van der Waals surface area contributed by atoms with Gasteiger partial charge in [0.05, 0.1) is 0 Å². The molecule has 2 N–H and O–H groups in total. The minimum absolute atomic E-state index is 0.226. The summed E-state index contributed by atoms with van der Waals surface area (Å²) in [7, 11) is 0. The molecule has 0 aromatic heterocycles. The van der Waals surface area contributed by atoms with Gasteiger partial charge in [0.1, 0.15) is 11.9 Å². The van der Waals surface area contributed by atoms with E-state index in [1.54, 1.807) is 0 Å². The third kappa shape index (κ3) is 3.72. The summed E-state index contributed by atoms with van der Waals surface area (Å²) in [6, 6.07) is 5.17. The lowest BCUT2D eigenvalue weighted by atomic mass is 10.1. The Morgan fingerprint density at radius 3 is 2.62 bits per heavy atom. The Hall–Kier alpha value is -1.26. The first kappa shape index (κ1) is 12.8. The minimum Gasteiger partial charge on any atom is -0.384 e. The van der Waals surface area contributed by atoms with Crippen molar-refractivity contribution in [2.75, 3.05) is 13.1 Å². The van der Waals surface area contributed by atoms with Crippen LogP contribution in [0.1, 0.15) is 23.7 Å². The van der Waals surface area contributed by atoms with Crippen molar-refractivity contribution in [2.24, 2.45) is 0 Å². The van der Waals surface area contributed by atoms with Crippen LogP contribution in [0.3, 0.4) is 0 Å². The van der Waals surface area contributed by atoms with Gasteiger partial charge in [0, 0.05) is 12.1 Å². The molecule has 0 fully saturated rings. The summed E-state index contributed by atoms with van der Waals surface area (Å²) >= 11 is 0. The number of hydrogen-bond acceptors (Lipinski definition) is 3. The van der Waals surface area contributed by atoms with Gasteiger partial charge in [-0.2, -0.15) is 0 Å². The van der Waals surface area contributed by atoms with Crippen LogP contribution in [0.25, 0.3) is 0 Å². The molecule has 0 saturated heterocycles. The first-order valence-corrected chi connectivity index (χ1v) is 5.33. The van der Waals surface area contributed by atoms with E-state index in [1.807, 2.05) is 6.92 Å². The van der Waals surface area contributed by atoms with E-state index in [0.717, 1.165) is 13.0 Å². The topological polar surface area (TPSA) is 49.3 Å². The Balaban J connectivity index is 2.53. The van der Waals surface area contributed by atoms with Crippen LogP contribution >= 0.6 is 0 Å². The zero-order chi connectivity index (χ0) is 12.0. The van der Waals surface area contributed by atoms with Crippen LogP contribution in [-0.4, -0.2) is 30.1 Å². The van der Waals surface area contributed by atoms with Crippen molar-refractivity contribution in [3.63, 3.8) is 0 Å². The molecule has 0 bridgehead atoms. The van der Waals surface area contributed by atoms with Gasteiger partial charge in [-0.1, -0.05) is 6.92 Å². The highest BCUT2D eigenvalue weighted by Crippen LogP contribution is 2.05. The van der Waals surface area contributed by atoms with Crippen molar-refractivity contribution in [1.82, 2.24) is 5.32 Å². The maximum Gasteiger partial charge on any atom is 0.192 e. The molecule has 88 valence electrons. The maximum absolute atomic E-state index is 12.6. The number of aliphatic hydroxyl groups excluding tert-OH is 1. The summed E-state index contributed by atoms with van der Waals surface area (Å²) in [6.45, 7) is 2.99. The predicted octanol–water partition coefficient (Wildman–Crippen LogP) is 1.37. The summed E-state index contributed by atoms with van der Waals surface area (Å²) in [5, 5.41) is 12.5. The van der Waals surface area contributed by atoms with Gasteiger partial charge in [0.15, 0.2) is 5.78 Å². The number of carbonyl (C=O) groups excluding carboxylic acids is 1. The molecule has 0 spiro atoms. The molecular weight excluding hydrogens is 209 g/mol. The monoisotopic (exact) mass is 225 g/mol. The molecular formula is C12H16FNO2. The molecule has 1 aromatic rings. The zero-order valence-corrected chi connectivity index (χ0v) is 9.24. The molecule has 0 heterocycles. The van der Waals surface area contributed by atoms with Crippen molar-refractivity contribution in [1.29, 1.82) is 0 Å². The van der Waals surface area contributed by atoms with Gasteiger partial charge in [-0.05, 0) is 37.2 Å². The normalized spacial score (nSPS) is 12.4. The van der Waals surface area contributed by atoms with Crippen molar-refractivity contribution < 1.29 is 14.3 Å². The molecule has 0 radical (unpaired) electrons. The highest BCUT2D eigenvalue weighted by atomic mass is 19.1. The molecule has 0 aliphatic carbocycles. The summed E-state index contributed by atoms with van der Waals surface area (Å²) in [5.74, 6) is -0.779. The second-order valence-corrected chi connectivity index (χ2v) is 3.59. The van der Waals surface area contributed by atoms with Gasteiger partial charge in [-0.25, -0.2) is 4.39 Å². The number of aliphatic hydroxyl groups is 1. The Morgan fingerprint density at radius 1 is 1.44 bits per heavy atom. The fraction of sp³-hybridized carbons (Fsp3) is 0.417. The SMILES string of the molecule is CCCNCC(O)C(=O)c1ccc(F)cc1. The number of hydrogen-bond donors (Lipinski definition) is 2. The highest BCUT2D eigenvalue weighted by molar-refractivity contribution is 5.99. The Morgan fingerprint density at radius 2 is 2.06 bits per heavy atom. The van der Waals surface area contributed by atoms with E-state index in [2.05, 4.69) is 5.32 Å². The second kappa shape index (κ2) is 6.35. The van der Waals surface area contributed by atoms with Crippen molar-refractivity contribution in [2.45, 2.75) is 19.4 Å². The Labute approximate surface area is 94.3 Å². The summed E-state index contributed by atoms with van der Waals surface area (Å²) < 4.78 is 12.6. The first-order chi connectivity index (χ1) is 7.65.